The van der Waals surface area contributed by atoms with Crippen LogP contribution in [0.4, 0.5) is 0 Å². The minimum absolute atomic E-state index is 0.828. The predicted octanol–water partition coefficient (Wildman–Crippen LogP) is 2.30. The van der Waals surface area contributed by atoms with E-state index >= 15 is 0 Å². The number of nitrogens with one attached hydrogen (secondary N) is 2. The summed E-state index contributed by atoms with van der Waals surface area (Å²) in [4.78, 5) is 0. The van der Waals surface area contributed by atoms with Crippen LogP contribution in [0.15, 0.2) is 0 Å². The standard InChI is InChI=1S/C13H26N2/c1-2-4-8-13(7-3-1)15-11-12-6-5-9-14-10-12/h12-15H,1-11H2. The first-order valence-corrected chi connectivity index (χ1v) is 6.89. The Morgan fingerprint density at radius 2 is 1.73 bits per heavy atom. The van der Waals surface area contributed by atoms with Crippen molar-refractivity contribution in [1.29, 1.82) is 0 Å². The van der Waals surface area contributed by atoms with Crippen LogP contribution in [-0.2, 0) is 0 Å². The van der Waals surface area contributed by atoms with Gasteiger partial charge in [0.05, 0.1) is 0 Å². The van der Waals surface area contributed by atoms with Crippen molar-refractivity contribution in [3.05, 3.63) is 0 Å². The second kappa shape index (κ2) is 6.49. The lowest BCUT2D eigenvalue weighted by atomic mass is 9.99. The normalized spacial score (nSPS) is 30.0. The molecule has 2 N–H and O–H groups in total. The molecule has 0 radical (unpaired) electrons. The Kier molecular flexibility index (Phi) is 4.94. The zero-order valence-corrected chi connectivity index (χ0v) is 9.93. The molecular formula is C13H26N2. The fraction of sp³-hybridized carbons (Fsp3) is 1.00. The predicted molar refractivity (Wildman–Crippen MR) is 65.1 cm³/mol. The molecule has 0 aromatic rings. The molecule has 88 valence electrons. The monoisotopic (exact) mass is 210 g/mol. The van der Waals surface area contributed by atoms with E-state index in [9.17, 15) is 0 Å². The van der Waals surface area contributed by atoms with Gasteiger partial charge in [-0.3, -0.25) is 0 Å². The zero-order valence-electron chi connectivity index (χ0n) is 9.93. The van der Waals surface area contributed by atoms with Crippen molar-refractivity contribution in [2.45, 2.75) is 57.4 Å². The van der Waals surface area contributed by atoms with E-state index in [1.807, 2.05) is 0 Å². The molecule has 1 unspecified atom stereocenters. The second-order valence-corrected chi connectivity index (χ2v) is 5.31. The summed E-state index contributed by atoms with van der Waals surface area (Å²) in [5.41, 5.74) is 0. The van der Waals surface area contributed by atoms with Gasteiger partial charge in [-0.05, 0) is 51.2 Å². The molecule has 1 heterocycles. The van der Waals surface area contributed by atoms with Crippen LogP contribution < -0.4 is 10.6 Å². The highest BCUT2D eigenvalue weighted by Crippen LogP contribution is 2.18. The van der Waals surface area contributed by atoms with Gasteiger partial charge in [0.1, 0.15) is 0 Å². The smallest absolute Gasteiger partial charge is 0.00671 e. The minimum Gasteiger partial charge on any atom is -0.316 e. The average Bonchev–Trinajstić information content (AvgIpc) is 2.56. The van der Waals surface area contributed by atoms with E-state index in [0.29, 0.717) is 0 Å². The molecule has 15 heavy (non-hydrogen) atoms. The summed E-state index contributed by atoms with van der Waals surface area (Å²) in [6.07, 6.45) is 11.4. The van der Waals surface area contributed by atoms with Crippen LogP contribution in [0.5, 0.6) is 0 Å². The highest BCUT2D eigenvalue weighted by molar-refractivity contribution is 4.75. The van der Waals surface area contributed by atoms with Crippen molar-refractivity contribution in [3.63, 3.8) is 0 Å². The molecule has 1 saturated carbocycles. The molecule has 0 aromatic heterocycles. The Hall–Kier alpha value is -0.0800. The zero-order chi connectivity index (χ0) is 10.3. The van der Waals surface area contributed by atoms with E-state index in [2.05, 4.69) is 10.6 Å². The maximum Gasteiger partial charge on any atom is 0.00671 e. The van der Waals surface area contributed by atoms with Crippen LogP contribution in [0.25, 0.3) is 0 Å². The molecular weight excluding hydrogens is 184 g/mol. The van der Waals surface area contributed by atoms with E-state index in [1.165, 1.54) is 71.0 Å². The summed E-state index contributed by atoms with van der Waals surface area (Å²) >= 11 is 0. The summed E-state index contributed by atoms with van der Waals surface area (Å²) in [5, 5.41) is 7.29. The van der Waals surface area contributed by atoms with Crippen LogP contribution >= 0.6 is 0 Å². The Morgan fingerprint density at radius 3 is 2.40 bits per heavy atom. The quantitative estimate of drug-likeness (QED) is 0.698. The van der Waals surface area contributed by atoms with Gasteiger partial charge in [0.25, 0.3) is 0 Å². The van der Waals surface area contributed by atoms with Crippen LogP contribution in [0.2, 0.25) is 0 Å². The van der Waals surface area contributed by atoms with Gasteiger partial charge in [0, 0.05) is 6.04 Å². The summed E-state index contributed by atoms with van der Waals surface area (Å²) in [6.45, 7) is 3.72. The molecule has 0 aromatic carbocycles. The number of rotatable bonds is 3. The lowest BCUT2D eigenvalue weighted by Crippen LogP contribution is -2.39. The molecule has 2 fully saturated rings. The fourth-order valence-corrected chi connectivity index (χ4v) is 2.92. The van der Waals surface area contributed by atoms with Crippen LogP contribution in [0.1, 0.15) is 51.4 Å². The first-order valence-electron chi connectivity index (χ1n) is 6.89. The second-order valence-electron chi connectivity index (χ2n) is 5.31. The fourth-order valence-electron chi connectivity index (χ4n) is 2.92. The van der Waals surface area contributed by atoms with Gasteiger partial charge in [-0.15, -0.1) is 0 Å². The molecule has 0 bridgehead atoms. The van der Waals surface area contributed by atoms with Crippen molar-refractivity contribution < 1.29 is 0 Å². The van der Waals surface area contributed by atoms with Gasteiger partial charge in [0.2, 0.25) is 0 Å². The van der Waals surface area contributed by atoms with Crippen LogP contribution in [0, 0.1) is 5.92 Å². The molecule has 1 aliphatic carbocycles. The third-order valence-electron chi connectivity index (χ3n) is 3.95. The maximum atomic E-state index is 3.79. The molecule has 1 aliphatic heterocycles. The van der Waals surface area contributed by atoms with E-state index in [4.69, 9.17) is 0 Å². The first kappa shape index (κ1) is 11.4. The molecule has 2 aliphatic rings. The summed E-state index contributed by atoms with van der Waals surface area (Å²) in [7, 11) is 0. The third-order valence-corrected chi connectivity index (χ3v) is 3.95. The van der Waals surface area contributed by atoms with Crippen molar-refractivity contribution in [1.82, 2.24) is 10.6 Å². The number of hydrogen-bond acceptors (Lipinski definition) is 2. The Labute approximate surface area is 94.2 Å². The summed E-state index contributed by atoms with van der Waals surface area (Å²) in [6, 6.07) is 0.828. The third kappa shape index (κ3) is 4.12. The molecule has 1 saturated heterocycles. The van der Waals surface area contributed by atoms with E-state index in [-0.39, 0.29) is 0 Å². The lowest BCUT2D eigenvalue weighted by molar-refractivity contribution is 0.333. The average molecular weight is 210 g/mol. The molecule has 0 amide bonds. The van der Waals surface area contributed by atoms with Crippen molar-refractivity contribution in [2.75, 3.05) is 19.6 Å². The van der Waals surface area contributed by atoms with Crippen molar-refractivity contribution >= 4 is 0 Å². The topological polar surface area (TPSA) is 24.1 Å². The highest BCUT2D eigenvalue weighted by atomic mass is 14.9. The first-order chi connectivity index (χ1) is 7.45. The molecule has 1 atom stereocenters. The van der Waals surface area contributed by atoms with Gasteiger partial charge >= 0.3 is 0 Å². The van der Waals surface area contributed by atoms with E-state index < -0.39 is 0 Å². The van der Waals surface area contributed by atoms with Gasteiger partial charge in [-0.1, -0.05) is 25.7 Å². The maximum absolute atomic E-state index is 3.79. The minimum atomic E-state index is 0.828. The van der Waals surface area contributed by atoms with Crippen molar-refractivity contribution in [3.8, 4) is 0 Å². The summed E-state index contributed by atoms with van der Waals surface area (Å²) in [5.74, 6) is 0.891. The Bertz CT molecular complexity index is 156. The van der Waals surface area contributed by atoms with E-state index in [1.54, 1.807) is 0 Å². The van der Waals surface area contributed by atoms with Crippen molar-refractivity contribution in [2.24, 2.45) is 5.92 Å². The highest BCUT2D eigenvalue weighted by Gasteiger charge is 2.16. The molecule has 2 heteroatoms. The van der Waals surface area contributed by atoms with Gasteiger partial charge in [-0.25, -0.2) is 0 Å². The molecule has 0 spiro atoms. The SMILES string of the molecule is C1CCCC(NCC2CCCNC2)CC1. The Morgan fingerprint density at radius 1 is 0.933 bits per heavy atom. The Balaban J connectivity index is 1.62. The largest absolute Gasteiger partial charge is 0.316 e. The lowest BCUT2D eigenvalue weighted by Gasteiger charge is -2.25. The molecule has 2 rings (SSSR count). The van der Waals surface area contributed by atoms with Gasteiger partial charge < -0.3 is 10.6 Å². The van der Waals surface area contributed by atoms with Gasteiger partial charge in [-0.2, -0.15) is 0 Å². The van der Waals surface area contributed by atoms with Gasteiger partial charge in [0.15, 0.2) is 0 Å². The van der Waals surface area contributed by atoms with Crippen LogP contribution in [-0.4, -0.2) is 25.7 Å². The molecule has 2 nitrogen and oxygen atoms in total. The summed E-state index contributed by atoms with van der Waals surface area (Å²) < 4.78 is 0. The number of piperidine rings is 1. The van der Waals surface area contributed by atoms with E-state index in [0.717, 1.165) is 12.0 Å². The number of hydrogen-bond donors (Lipinski definition) is 2. The van der Waals surface area contributed by atoms with Crippen LogP contribution in [0.3, 0.4) is 0 Å².